The lowest BCUT2D eigenvalue weighted by molar-refractivity contribution is -0.134. The monoisotopic (exact) mass is 280 g/mol. The Morgan fingerprint density at radius 2 is 2.00 bits per heavy atom. The number of hydrogen-bond donors (Lipinski definition) is 1. The third-order valence-corrected chi connectivity index (χ3v) is 3.38. The molecule has 1 rings (SSSR count). The number of para-hydroxylation sites is 1. The molecule has 1 amide bonds. The van der Waals surface area contributed by atoms with Crippen molar-refractivity contribution in [2.75, 3.05) is 27.9 Å². The Morgan fingerprint density at radius 1 is 1.35 bits per heavy atom. The standard InChI is InChI=1S/C15H24N2O3/c1-11(17(2)15(18)13(16)10-19-3)9-12-7-5-6-8-14(12)20-4/h5-8,11,13H,9-10,16H2,1-4H3. The fourth-order valence-electron chi connectivity index (χ4n) is 2.06. The number of nitrogens with two attached hydrogens (primary N) is 1. The van der Waals surface area contributed by atoms with Gasteiger partial charge in [0.05, 0.1) is 13.7 Å². The van der Waals surface area contributed by atoms with Crippen molar-refractivity contribution in [2.45, 2.75) is 25.4 Å². The van der Waals surface area contributed by atoms with E-state index in [1.165, 1.54) is 7.11 Å². The number of carbonyl (C=O) groups is 1. The molecule has 20 heavy (non-hydrogen) atoms. The quantitative estimate of drug-likeness (QED) is 0.811. The Bertz CT molecular complexity index is 437. The number of ether oxygens (including phenoxy) is 2. The molecule has 2 unspecified atom stereocenters. The van der Waals surface area contributed by atoms with Crippen molar-refractivity contribution in [3.63, 3.8) is 0 Å². The summed E-state index contributed by atoms with van der Waals surface area (Å²) in [5.74, 6) is 0.718. The van der Waals surface area contributed by atoms with Crippen LogP contribution in [0.1, 0.15) is 12.5 Å². The third kappa shape index (κ3) is 4.21. The molecule has 0 aromatic heterocycles. The molecular formula is C15H24N2O3. The van der Waals surface area contributed by atoms with Crippen molar-refractivity contribution >= 4 is 5.91 Å². The van der Waals surface area contributed by atoms with E-state index in [4.69, 9.17) is 15.2 Å². The smallest absolute Gasteiger partial charge is 0.241 e. The number of carbonyl (C=O) groups excluding carboxylic acids is 1. The predicted molar refractivity (Wildman–Crippen MR) is 78.8 cm³/mol. The summed E-state index contributed by atoms with van der Waals surface area (Å²) in [6.45, 7) is 2.22. The molecule has 0 aliphatic rings. The molecule has 0 spiro atoms. The van der Waals surface area contributed by atoms with Gasteiger partial charge in [0.2, 0.25) is 5.91 Å². The normalized spacial score (nSPS) is 13.7. The summed E-state index contributed by atoms with van der Waals surface area (Å²) >= 11 is 0. The average molecular weight is 280 g/mol. The lowest BCUT2D eigenvalue weighted by Crippen LogP contribution is -2.48. The number of benzene rings is 1. The second-order valence-electron chi connectivity index (χ2n) is 4.88. The van der Waals surface area contributed by atoms with E-state index in [-0.39, 0.29) is 18.6 Å². The van der Waals surface area contributed by atoms with Gasteiger partial charge in [-0.1, -0.05) is 18.2 Å². The Morgan fingerprint density at radius 3 is 2.60 bits per heavy atom. The van der Waals surface area contributed by atoms with Gasteiger partial charge in [-0.2, -0.15) is 0 Å². The molecule has 0 radical (unpaired) electrons. The fraction of sp³-hybridized carbons (Fsp3) is 0.533. The summed E-state index contributed by atoms with van der Waals surface area (Å²) in [5.41, 5.74) is 6.85. The number of likely N-dealkylation sites (N-methyl/N-ethyl adjacent to an activating group) is 1. The average Bonchev–Trinajstić information content (AvgIpc) is 2.46. The second-order valence-corrected chi connectivity index (χ2v) is 4.88. The SMILES string of the molecule is COCC(N)C(=O)N(C)C(C)Cc1ccccc1OC. The van der Waals surface area contributed by atoms with Gasteiger partial charge in [0.15, 0.2) is 0 Å². The summed E-state index contributed by atoms with van der Waals surface area (Å²) in [7, 11) is 4.94. The summed E-state index contributed by atoms with van der Waals surface area (Å²) in [5, 5.41) is 0. The Kier molecular flexibility index (Phi) is 6.48. The zero-order valence-corrected chi connectivity index (χ0v) is 12.6. The van der Waals surface area contributed by atoms with E-state index in [0.29, 0.717) is 6.42 Å². The zero-order chi connectivity index (χ0) is 15.1. The number of rotatable bonds is 7. The Labute approximate surface area is 120 Å². The van der Waals surface area contributed by atoms with Gasteiger partial charge in [-0.05, 0) is 25.0 Å². The maximum absolute atomic E-state index is 12.1. The zero-order valence-electron chi connectivity index (χ0n) is 12.6. The van der Waals surface area contributed by atoms with Crippen LogP contribution in [0.4, 0.5) is 0 Å². The van der Waals surface area contributed by atoms with Crippen molar-refractivity contribution in [1.82, 2.24) is 4.90 Å². The minimum Gasteiger partial charge on any atom is -0.496 e. The summed E-state index contributed by atoms with van der Waals surface area (Å²) in [4.78, 5) is 13.8. The van der Waals surface area contributed by atoms with Crippen molar-refractivity contribution in [3.8, 4) is 5.75 Å². The lowest BCUT2D eigenvalue weighted by atomic mass is 10.0. The van der Waals surface area contributed by atoms with Gasteiger partial charge in [-0.25, -0.2) is 0 Å². The van der Waals surface area contributed by atoms with Crippen LogP contribution in [0.15, 0.2) is 24.3 Å². The molecule has 0 aliphatic heterocycles. The molecular weight excluding hydrogens is 256 g/mol. The summed E-state index contributed by atoms with van der Waals surface area (Å²) in [6, 6.07) is 7.22. The van der Waals surface area contributed by atoms with Crippen LogP contribution in [0, 0.1) is 0 Å². The van der Waals surface area contributed by atoms with Crippen molar-refractivity contribution in [3.05, 3.63) is 29.8 Å². The molecule has 0 aliphatic carbocycles. The molecule has 1 aromatic rings. The maximum atomic E-state index is 12.1. The van der Waals surface area contributed by atoms with Crippen molar-refractivity contribution in [2.24, 2.45) is 5.73 Å². The first-order valence-corrected chi connectivity index (χ1v) is 6.64. The number of hydrogen-bond acceptors (Lipinski definition) is 4. The van der Waals surface area contributed by atoms with Gasteiger partial charge < -0.3 is 20.1 Å². The van der Waals surface area contributed by atoms with Crippen LogP contribution in [0.25, 0.3) is 0 Å². The van der Waals surface area contributed by atoms with E-state index >= 15 is 0 Å². The Hall–Kier alpha value is -1.59. The van der Waals surface area contributed by atoms with Crippen LogP contribution in [-0.2, 0) is 16.0 Å². The van der Waals surface area contributed by atoms with Crippen molar-refractivity contribution < 1.29 is 14.3 Å². The van der Waals surface area contributed by atoms with Gasteiger partial charge in [-0.15, -0.1) is 0 Å². The van der Waals surface area contributed by atoms with E-state index < -0.39 is 6.04 Å². The van der Waals surface area contributed by atoms with E-state index in [9.17, 15) is 4.79 Å². The molecule has 0 heterocycles. The van der Waals surface area contributed by atoms with Crippen LogP contribution in [-0.4, -0.2) is 50.8 Å². The molecule has 112 valence electrons. The van der Waals surface area contributed by atoms with Crippen LogP contribution in [0.5, 0.6) is 5.75 Å². The minimum atomic E-state index is -0.620. The van der Waals surface area contributed by atoms with E-state index in [2.05, 4.69) is 0 Å². The molecule has 2 N–H and O–H groups in total. The Balaban J connectivity index is 2.70. The highest BCUT2D eigenvalue weighted by molar-refractivity contribution is 5.81. The first kappa shape index (κ1) is 16.5. The lowest BCUT2D eigenvalue weighted by Gasteiger charge is -2.28. The molecule has 0 saturated carbocycles. The van der Waals surface area contributed by atoms with Gasteiger partial charge in [0, 0.05) is 20.2 Å². The number of methoxy groups -OCH3 is 2. The first-order chi connectivity index (χ1) is 9.51. The van der Waals surface area contributed by atoms with Crippen LogP contribution in [0.2, 0.25) is 0 Å². The molecule has 5 heteroatoms. The highest BCUT2D eigenvalue weighted by Gasteiger charge is 2.22. The van der Waals surface area contributed by atoms with E-state index in [1.54, 1.807) is 19.1 Å². The first-order valence-electron chi connectivity index (χ1n) is 6.64. The summed E-state index contributed by atoms with van der Waals surface area (Å²) < 4.78 is 10.2. The molecule has 1 aromatic carbocycles. The summed E-state index contributed by atoms with van der Waals surface area (Å²) in [6.07, 6.45) is 0.714. The molecule has 0 saturated heterocycles. The second kappa shape index (κ2) is 7.87. The third-order valence-electron chi connectivity index (χ3n) is 3.38. The van der Waals surface area contributed by atoms with E-state index in [1.807, 2.05) is 31.2 Å². The largest absolute Gasteiger partial charge is 0.496 e. The topological polar surface area (TPSA) is 64.8 Å². The highest BCUT2D eigenvalue weighted by atomic mass is 16.5. The molecule has 2 atom stereocenters. The van der Waals surface area contributed by atoms with Gasteiger partial charge in [-0.3, -0.25) is 4.79 Å². The van der Waals surface area contributed by atoms with E-state index in [0.717, 1.165) is 11.3 Å². The van der Waals surface area contributed by atoms with Crippen molar-refractivity contribution in [1.29, 1.82) is 0 Å². The van der Waals surface area contributed by atoms with Gasteiger partial charge in [0.25, 0.3) is 0 Å². The number of nitrogens with zero attached hydrogens (tertiary/aromatic N) is 1. The highest BCUT2D eigenvalue weighted by Crippen LogP contribution is 2.20. The van der Waals surface area contributed by atoms with Gasteiger partial charge >= 0.3 is 0 Å². The van der Waals surface area contributed by atoms with Crippen LogP contribution >= 0.6 is 0 Å². The molecule has 0 fully saturated rings. The minimum absolute atomic E-state index is 0.0294. The maximum Gasteiger partial charge on any atom is 0.241 e. The van der Waals surface area contributed by atoms with Crippen LogP contribution in [0.3, 0.4) is 0 Å². The predicted octanol–water partition coefficient (Wildman–Crippen LogP) is 1.06. The number of amides is 1. The van der Waals surface area contributed by atoms with Gasteiger partial charge in [0.1, 0.15) is 11.8 Å². The fourth-order valence-corrected chi connectivity index (χ4v) is 2.06. The molecule has 5 nitrogen and oxygen atoms in total. The molecule has 0 bridgehead atoms. The van der Waals surface area contributed by atoms with Crippen LogP contribution < -0.4 is 10.5 Å².